The topological polar surface area (TPSA) is 6.48 Å². The highest BCUT2D eigenvalue weighted by Gasteiger charge is 2.29. The molecule has 2 rings (SSSR count). The number of hydrogen-bond acceptors (Lipinski definition) is 2. The Kier molecular flexibility index (Phi) is 9.01. The van der Waals surface area contributed by atoms with Gasteiger partial charge in [0.25, 0.3) is 0 Å². The predicted molar refractivity (Wildman–Crippen MR) is 99.4 cm³/mol. The number of nitrogens with zero attached hydrogens (tertiary/aromatic N) is 2. The molecule has 0 N–H and O–H groups in total. The first-order valence-corrected chi connectivity index (χ1v) is 9.79. The molecule has 0 aromatic heterocycles. The normalized spacial score (nSPS) is 23.2. The van der Waals surface area contributed by atoms with E-state index in [0.29, 0.717) is 0 Å². The van der Waals surface area contributed by atoms with Crippen LogP contribution < -0.4 is 0 Å². The smallest absolute Gasteiger partial charge is 0.0120 e. The number of rotatable bonds is 3. The van der Waals surface area contributed by atoms with E-state index in [4.69, 9.17) is 0 Å². The summed E-state index contributed by atoms with van der Waals surface area (Å²) in [5, 5.41) is 0. The molecule has 0 saturated carbocycles. The lowest BCUT2D eigenvalue weighted by atomic mass is 9.85. The first-order chi connectivity index (χ1) is 10.3. The summed E-state index contributed by atoms with van der Waals surface area (Å²) in [5.74, 6) is 2.70. The van der Waals surface area contributed by atoms with Crippen molar-refractivity contribution in [2.45, 2.75) is 86.2 Å². The lowest BCUT2D eigenvalue weighted by Gasteiger charge is -2.43. The summed E-state index contributed by atoms with van der Waals surface area (Å²) >= 11 is 0. The Balaban J connectivity index is 0.000000541. The minimum absolute atomic E-state index is 0.734. The summed E-state index contributed by atoms with van der Waals surface area (Å²) in [4.78, 5) is 5.42. The van der Waals surface area contributed by atoms with E-state index in [0.717, 1.165) is 29.8 Å². The van der Waals surface area contributed by atoms with Crippen LogP contribution in [-0.2, 0) is 0 Å². The third-order valence-electron chi connectivity index (χ3n) is 5.26. The van der Waals surface area contributed by atoms with Gasteiger partial charge in [-0.25, -0.2) is 0 Å². The van der Waals surface area contributed by atoms with Crippen molar-refractivity contribution in [1.29, 1.82) is 0 Å². The van der Waals surface area contributed by atoms with Crippen LogP contribution in [0.25, 0.3) is 0 Å². The molecule has 0 amide bonds. The van der Waals surface area contributed by atoms with Crippen LogP contribution in [0.1, 0.15) is 74.1 Å². The van der Waals surface area contributed by atoms with E-state index in [1.807, 2.05) is 0 Å². The van der Waals surface area contributed by atoms with E-state index in [9.17, 15) is 0 Å². The molecule has 2 aliphatic rings. The molecule has 0 atom stereocenters. The average Bonchev–Trinajstić information content (AvgIpc) is 2.47. The van der Waals surface area contributed by atoms with Crippen molar-refractivity contribution in [3.8, 4) is 0 Å². The second-order valence-corrected chi connectivity index (χ2v) is 8.71. The maximum atomic E-state index is 2.79. The lowest BCUT2D eigenvalue weighted by molar-refractivity contribution is 0.0603. The minimum atomic E-state index is 0.734. The van der Waals surface area contributed by atoms with E-state index < -0.39 is 0 Å². The molecule has 0 aliphatic carbocycles. The van der Waals surface area contributed by atoms with E-state index >= 15 is 0 Å². The molecule has 2 heteroatoms. The van der Waals surface area contributed by atoms with Crippen LogP contribution in [0, 0.1) is 17.8 Å². The van der Waals surface area contributed by atoms with Gasteiger partial charge in [-0.1, -0.05) is 34.6 Å². The van der Waals surface area contributed by atoms with Crippen molar-refractivity contribution in [2.75, 3.05) is 26.2 Å². The second kappa shape index (κ2) is 9.93. The Morgan fingerprint density at radius 1 is 0.682 bits per heavy atom. The fourth-order valence-electron chi connectivity index (χ4n) is 3.72. The van der Waals surface area contributed by atoms with Gasteiger partial charge in [-0.15, -0.1) is 0 Å². The van der Waals surface area contributed by atoms with Gasteiger partial charge in [0.05, 0.1) is 0 Å². The van der Waals surface area contributed by atoms with Crippen LogP contribution in [0.5, 0.6) is 0 Å². The minimum Gasteiger partial charge on any atom is -0.301 e. The summed E-state index contributed by atoms with van der Waals surface area (Å²) in [5.41, 5.74) is 0. The number of likely N-dealkylation sites (tertiary alicyclic amines) is 2. The third-order valence-corrected chi connectivity index (χ3v) is 5.26. The van der Waals surface area contributed by atoms with Gasteiger partial charge in [0.2, 0.25) is 0 Å². The molecule has 22 heavy (non-hydrogen) atoms. The molecule has 2 aliphatic heterocycles. The van der Waals surface area contributed by atoms with E-state index in [-0.39, 0.29) is 0 Å². The van der Waals surface area contributed by atoms with Gasteiger partial charge in [0.1, 0.15) is 0 Å². The van der Waals surface area contributed by atoms with Gasteiger partial charge in [-0.05, 0) is 83.5 Å². The summed E-state index contributed by atoms with van der Waals surface area (Å²) in [6, 6.07) is 1.62. The second-order valence-electron chi connectivity index (χ2n) is 8.71. The molecule has 0 bridgehead atoms. The molecule has 2 fully saturated rings. The Morgan fingerprint density at radius 3 is 1.50 bits per heavy atom. The molecule has 0 aromatic carbocycles. The van der Waals surface area contributed by atoms with E-state index in [2.05, 4.69) is 58.3 Å². The largest absolute Gasteiger partial charge is 0.301 e. The monoisotopic (exact) mass is 310 g/mol. The zero-order valence-electron chi connectivity index (χ0n) is 16.4. The van der Waals surface area contributed by atoms with Crippen LogP contribution >= 0.6 is 0 Å². The molecular weight excluding hydrogens is 268 g/mol. The maximum absolute atomic E-state index is 2.79. The first kappa shape index (κ1) is 20.0. The quantitative estimate of drug-likeness (QED) is 0.732. The average molecular weight is 311 g/mol. The molecular formula is C20H42N2. The van der Waals surface area contributed by atoms with Crippen molar-refractivity contribution < 1.29 is 0 Å². The number of hydrogen-bond donors (Lipinski definition) is 0. The van der Waals surface area contributed by atoms with Gasteiger partial charge in [0.15, 0.2) is 0 Å². The lowest BCUT2D eigenvalue weighted by Crippen LogP contribution is -2.49. The van der Waals surface area contributed by atoms with Crippen LogP contribution in [0.2, 0.25) is 0 Å². The molecule has 0 spiro atoms. The molecule has 0 radical (unpaired) electrons. The summed E-state index contributed by atoms with van der Waals surface area (Å²) in [6.45, 7) is 21.3. The van der Waals surface area contributed by atoms with Gasteiger partial charge in [-0.2, -0.15) is 0 Å². The van der Waals surface area contributed by atoms with E-state index in [1.165, 1.54) is 51.9 Å². The zero-order chi connectivity index (χ0) is 16.7. The van der Waals surface area contributed by atoms with Crippen LogP contribution in [0.15, 0.2) is 0 Å². The summed E-state index contributed by atoms with van der Waals surface area (Å²) in [7, 11) is 0. The van der Waals surface area contributed by atoms with Crippen molar-refractivity contribution in [3.63, 3.8) is 0 Å². The molecule has 0 unspecified atom stereocenters. The molecule has 132 valence electrons. The Hall–Kier alpha value is -0.0800. The molecule has 0 aromatic rings. The Labute approximate surface area is 140 Å². The fraction of sp³-hybridized carbons (Fsp3) is 1.00. The number of piperidine rings is 2. The van der Waals surface area contributed by atoms with E-state index in [1.54, 1.807) is 0 Å². The van der Waals surface area contributed by atoms with Gasteiger partial charge in [0, 0.05) is 12.1 Å². The Morgan fingerprint density at radius 2 is 1.14 bits per heavy atom. The van der Waals surface area contributed by atoms with Crippen molar-refractivity contribution in [2.24, 2.45) is 17.8 Å². The Bertz CT molecular complexity index is 241. The van der Waals surface area contributed by atoms with Crippen molar-refractivity contribution in [3.05, 3.63) is 0 Å². The highest BCUT2D eigenvalue weighted by atomic mass is 15.2. The van der Waals surface area contributed by atoms with Crippen LogP contribution in [-0.4, -0.2) is 48.1 Å². The molecule has 2 heterocycles. The molecule has 2 saturated heterocycles. The van der Waals surface area contributed by atoms with Crippen LogP contribution in [0.3, 0.4) is 0 Å². The zero-order valence-corrected chi connectivity index (χ0v) is 16.4. The third kappa shape index (κ3) is 7.00. The fourth-order valence-corrected chi connectivity index (χ4v) is 3.72. The standard InChI is InChI=1S/C16H32N2.C4H10/c1-13(2)15-5-9-18(10-6-15)16-7-11-17(12-8-16)14(3)4;1-4(2)3/h13-16H,5-12H2,1-4H3;4H,1-3H3. The molecule has 2 nitrogen and oxygen atoms in total. The van der Waals surface area contributed by atoms with Gasteiger partial charge >= 0.3 is 0 Å². The van der Waals surface area contributed by atoms with Crippen molar-refractivity contribution >= 4 is 0 Å². The highest BCUT2D eigenvalue weighted by molar-refractivity contribution is 4.84. The first-order valence-electron chi connectivity index (χ1n) is 9.79. The van der Waals surface area contributed by atoms with Gasteiger partial charge < -0.3 is 9.80 Å². The SMILES string of the molecule is CC(C)C.CC(C)C1CCN(C2CCN(C(C)C)CC2)CC1. The van der Waals surface area contributed by atoms with Crippen LogP contribution in [0.4, 0.5) is 0 Å². The maximum Gasteiger partial charge on any atom is 0.0120 e. The summed E-state index contributed by atoms with van der Waals surface area (Å²) in [6.07, 6.45) is 5.65. The van der Waals surface area contributed by atoms with Crippen molar-refractivity contribution in [1.82, 2.24) is 9.80 Å². The summed E-state index contributed by atoms with van der Waals surface area (Å²) < 4.78 is 0. The van der Waals surface area contributed by atoms with Gasteiger partial charge in [-0.3, -0.25) is 0 Å². The highest BCUT2D eigenvalue weighted by Crippen LogP contribution is 2.28. The predicted octanol–water partition coefficient (Wildman–Crippen LogP) is 4.89.